The fraction of sp³-hybridized carbons (Fsp3) is 1.00. The lowest BCUT2D eigenvalue weighted by molar-refractivity contribution is -0.335. The van der Waals surface area contributed by atoms with Gasteiger partial charge in [0, 0.05) is 14.2 Å². The summed E-state index contributed by atoms with van der Waals surface area (Å²) in [6.07, 6.45) is -1.85. The van der Waals surface area contributed by atoms with Crippen molar-refractivity contribution in [2.45, 2.75) is 84.2 Å². The number of rotatable bonds is 3. The van der Waals surface area contributed by atoms with E-state index in [1.807, 2.05) is 13.1 Å². The molecule has 0 atom stereocenters. The van der Waals surface area contributed by atoms with Gasteiger partial charge in [0.1, 0.15) is 0 Å². The monoisotopic (exact) mass is 450 g/mol. The first-order chi connectivity index (χ1) is 13.1. The summed E-state index contributed by atoms with van der Waals surface area (Å²) < 4.78 is 81.3. The Bertz CT molecular complexity index is 428. The van der Waals surface area contributed by atoms with Crippen molar-refractivity contribution in [3.8, 4) is 0 Å². The van der Waals surface area contributed by atoms with Crippen molar-refractivity contribution >= 4 is 8.56 Å². The first-order valence-corrected chi connectivity index (χ1v) is 13.1. The Balaban J connectivity index is 0.000000225. The Hall–Kier alpha value is -0.283. The van der Waals surface area contributed by atoms with E-state index < -0.39 is 32.7 Å². The molecule has 4 rings (SSSR count). The minimum absolute atomic E-state index is 0.160. The first kappa shape index (κ1) is 26.8. The summed E-state index contributed by atoms with van der Waals surface area (Å²) in [5, 5.41) is 0. The van der Waals surface area contributed by atoms with E-state index in [4.69, 9.17) is 8.85 Å². The zero-order valence-corrected chi connectivity index (χ0v) is 19.3. The number of hydrogen-bond donors (Lipinski definition) is 0. The maximum Gasteiger partial charge on any atom is 0.402 e. The molecule has 2 nitrogen and oxygen atoms in total. The molecule has 0 aromatic heterocycles. The summed E-state index contributed by atoms with van der Waals surface area (Å²) in [5.74, 6) is 4.71. The number of hydrogen-bond acceptors (Lipinski definition) is 2. The second-order valence-electron chi connectivity index (χ2n) is 9.37. The van der Waals surface area contributed by atoms with Crippen molar-refractivity contribution in [2.75, 3.05) is 14.2 Å². The van der Waals surface area contributed by atoms with Crippen molar-refractivity contribution in [2.24, 2.45) is 29.1 Å². The Morgan fingerprint density at radius 1 is 0.690 bits per heavy atom. The summed E-state index contributed by atoms with van der Waals surface area (Å²) in [6.45, 7) is 5.01. The van der Waals surface area contributed by atoms with E-state index in [0.29, 0.717) is 0 Å². The van der Waals surface area contributed by atoms with E-state index in [0.717, 1.165) is 6.92 Å². The van der Waals surface area contributed by atoms with Gasteiger partial charge in [-0.3, -0.25) is 0 Å². The highest BCUT2D eigenvalue weighted by Gasteiger charge is 2.66. The first-order valence-electron chi connectivity index (χ1n) is 10.3. The normalized spacial score (nSPS) is 29.0. The molecular formula is C20H36F6O2Si. The summed E-state index contributed by atoms with van der Waals surface area (Å²) in [5.41, 5.74) is -3.58. The van der Waals surface area contributed by atoms with Gasteiger partial charge in [0.15, 0.2) is 5.41 Å². The standard InChI is InChI=1S/C10H16.C6H8F6.C4H12O2Si/c1-7-2-9-4-8(1)5-10(3-7)6-9;1-3-4(2,5(7,8)9)6(10,11)12;1-5-7(3,4)6-2/h7-10H,1-6H2;3H2,1-2H3;1-4H3. The Labute approximate surface area is 172 Å². The molecule has 0 unspecified atom stereocenters. The van der Waals surface area contributed by atoms with Gasteiger partial charge in [-0.2, -0.15) is 26.3 Å². The fourth-order valence-corrected chi connectivity index (χ4v) is 4.79. The van der Waals surface area contributed by atoms with Gasteiger partial charge in [-0.05, 0) is 88.6 Å². The molecule has 0 amide bonds. The third kappa shape index (κ3) is 7.13. The smallest absolute Gasteiger partial charge is 0.398 e. The molecule has 4 saturated carbocycles. The third-order valence-corrected chi connectivity index (χ3v) is 8.91. The van der Waals surface area contributed by atoms with Crippen molar-refractivity contribution in [1.82, 2.24) is 0 Å². The number of alkyl halides is 6. The lowest BCUT2D eigenvalue weighted by Gasteiger charge is -2.49. The van der Waals surface area contributed by atoms with Crippen LogP contribution in [0.4, 0.5) is 26.3 Å². The maximum absolute atomic E-state index is 11.9. The van der Waals surface area contributed by atoms with Crippen molar-refractivity contribution in [1.29, 1.82) is 0 Å². The molecule has 0 N–H and O–H groups in total. The van der Waals surface area contributed by atoms with Gasteiger partial charge < -0.3 is 8.85 Å². The summed E-state index contributed by atoms with van der Waals surface area (Å²) in [4.78, 5) is 0. The SMILES string of the molecule is C1C2CC3CC1CC(C2)C3.CCC(C)(C(F)(F)F)C(F)(F)F.CO[Si](C)(C)OC. The highest BCUT2D eigenvalue weighted by Crippen LogP contribution is 2.53. The van der Waals surface area contributed by atoms with Gasteiger partial charge >= 0.3 is 20.9 Å². The molecule has 4 aliphatic rings. The van der Waals surface area contributed by atoms with Crippen LogP contribution in [-0.2, 0) is 8.85 Å². The molecular weight excluding hydrogens is 414 g/mol. The molecule has 29 heavy (non-hydrogen) atoms. The molecule has 4 fully saturated rings. The topological polar surface area (TPSA) is 18.5 Å². The average Bonchev–Trinajstić information content (AvgIpc) is 2.59. The minimum Gasteiger partial charge on any atom is -0.398 e. The summed E-state index contributed by atoms with van der Waals surface area (Å²) >= 11 is 0. The van der Waals surface area contributed by atoms with Crippen LogP contribution in [0.25, 0.3) is 0 Å². The molecule has 4 aliphatic carbocycles. The molecule has 0 aliphatic heterocycles. The van der Waals surface area contributed by atoms with E-state index in [9.17, 15) is 26.3 Å². The van der Waals surface area contributed by atoms with Crippen molar-refractivity contribution in [3.05, 3.63) is 0 Å². The molecule has 0 aromatic rings. The predicted octanol–water partition coefficient (Wildman–Crippen LogP) is 7.34. The van der Waals surface area contributed by atoms with Crippen LogP contribution in [-0.4, -0.2) is 35.1 Å². The summed E-state index contributed by atoms with van der Waals surface area (Å²) in [6, 6.07) is 0. The van der Waals surface area contributed by atoms with E-state index in [-0.39, 0.29) is 6.92 Å². The van der Waals surface area contributed by atoms with Gasteiger partial charge in [-0.1, -0.05) is 6.92 Å². The average molecular weight is 451 g/mol. The molecule has 174 valence electrons. The van der Waals surface area contributed by atoms with E-state index in [1.165, 1.54) is 23.7 Å². The second-order valence-corrected chi connectivity index (χ2v) is 13.0. The van der Waals surface area contributed by atoms with Gasteiger partial charge in [0.25, 0.3) is 0 Å². The highest BCUT2D eigenvalue weighted by molar-refractivity contribution is 6.64. The van der Waals surface area contributed by atoms with Crippen molar-refractivity contribution in [3.63, 3.8) is 0 Å². The zero-order valence-electron chi connectivity index (χ0n) is 18.3. The molecule has 0 saturated heterocycles. The zero-order chi connectivity index (χ0) is 22.7. The fourth-order valence-electron chi connectivity index (χ4n) is 4.63. The quantitative estimate of drug-likeness (QED) is 0.331. The summed E-state index contributed by atoms with van der Waals surface area (Å²) in [7, 11) is 1.70. The Kier molecular flexibility index (Phi) is 9.13. The molecule has 0 heterocycles. The largest absolute Gasteiger partial charge is 0.402 e. The van der Waals surface area contributed by atoms with Gasteiger partial charge in [0.2, 0.25) is 0 Å². The van der Waals surface area contributed by atoms with Crippen LogP contribution in [0.5, 0.6) is 0 Å². The van der Waals surface area contributed by atoms with E-state index in [2.05, 4.69) is 0 Å². The molecule has 4 bridgehead atoms. The third-order valence-electron chi connectivity index (χ3n) is 6.94. The Morgan fingerprint density at radius 3 is 1.00 bits per heavy atom. The van der Waals surface area contributed by atoms with Gasteiger partial charge in [-0.15, -0.1) is 0 Å². The van der Waals surface area contributed by atoms with E-state index in [1.54, 1.807) is 52.7 Å². The molecule has 0 radical (unpaired) electrons. The predicted molar refractivity (Wildman–Crippen MR) is 104 cm³/mol. The van der Waals surface area contributed by atoms with Crippen LogP contribution in [0.3, 0.4) is 0 Å². The molecule has 0 spiro atoms. The minimum atomic E-state index is -5.24. The van der Waals surface area contributed by atoms with Gasteiger partial charge in [0.05, 0.1) is 0 Å². The number of halogens is 6. The van der Waals surface area contributed by atoms with Crippen LogP contribution in [0.1, 0.15) is 58.8 Å². The maximum atomic E-state index is 11.9. The van der Waals surface area contributed by atoms with E-state index >= 15 is 0 Å². The van der Waals surface area contributed by atoms with Crippen LogP contribution in [0, 0.1) is 29.1 Å². The van der Waals surface area contributed by atoms with Crippen LogP contribution >= 0.6 is 0 Å². The lowest BCUT2D eigenvalue weighted by Crippen LogP contribution is -2.47. The highest BCUT2D eigenvalue weighted by atomic mass is 28.4. The second kappa shape index (κ2) is 9.89. The van der Waals surface area contributed by atoms with Crippen LogP contribution in [0.2, 0.25) is 13.1 Å². The molecule has 0 aromatic carbocycles. The van der Waals surface area contributed by atoms with Crippen molar-refractivity contribution < 1.29 is 35.2 Å². The lowest BCUT2D eigenvalue weighted by atomic mass is 9.56. The van der Waals surface area contributed by atoms with Crippen LogP contribution in [0.15, 0.2) is 0 Å². The Morgan fingerprint density at radius 2 is 0.931 bits per heavy atom. The van der Waals surface area contributed by atoms with Crippen LogP contribution < -0.4 is 0 Å². The molecule has 9 heteroatoms. The van der Waals surface area contributed by atoms with Gasteiger partial charge in [-0.25, -0.2) is 0 Å².